The van der Waals surface area contributed by atoms with Crippen LogP contribution in [0.15, 0.2) is 36.4 Å². The Kier molecular flexibility index (Phi) is 7.50. The number of urea groups is 1. The molecule has 1 unspecified atom stereocenters. The van der Waals surface area contributed by atoms with Gasteiger partial charge in [0.1, 0.15) is 0 Å². The molecule has 3 amide bonds. The van der Waals surface area contributed by atoms with Crippen LogP contribution in [0.5, 0.6) is 0 Å². The van der Waals surface area contributed by atoms with E-state index in [1.54, 1.807) is 6.07 Å². The van der Waals surface area contributed by atoms with E-state index >= 15 is 0 Å². The molecule has 0 aliphatic carbocycles. The van der Waals surface area contributed by atoms with Gasteiger partial charge < -0.3 is 25.6 Å². The highest BCUT2D eigenvalue weighted by Gasteiger charge is 2.22. The van der Waals surface area contributed by atoms with Gasteiger partial charge in [0.2, 0.25) is 0 Å². The second-order valence-electron chi connectivity index (χ2n) is 8.97. The molecule has 176 valence electrons. The molecule has 0 spiro atoms. The molecule has 2 aliphatic heterocycles. The van der Waals surface area contributed by atoms with Crippen LogP contribution in [0.1, 0.15) is 53.6 Å². The van der Waals surface area contributed by atoms with Gasteiger partial charge in [-0.1, -0.05) is 18.2 Å². The number of carbonyl (C=O) groups is 2. The highest BCUT2D eigenvalue weighted by Crippen LogP contribution is 2.28. The Bertz CT molecular complexity index is 975. The Morgan fingerprint density at radius 3 is 2.45 bits per heavy atom. The van der Waals surface area contributed by atoms with Crippen molar-refractivity contribution in [1.29, 1.82) is 0 Å². The highest BCUT2D eigenvalue weighted by molar-refractivity contribution is 6.04. The van der Waals surface area contributed by atoms with Crippen molar-refractivity contribution in [2.75, 3.05) is 41.8 Å². The van der Waals surface area contributed by atoms with Crippen LogP contribution in [0.3, 0.4) is 0 Å². The predicted octanol–water partition coefficient (Wildman–Crippen LogP) is 4.85. The third-order valence-corrected chi connectivity index (χ3v) is 6.43. The summed E-state index contributed by atoms with van der Waals surface area (Å²) in [4.78, 5) is 28.1. The molecule has 2 heterocycles. The van der Waals surface area contributed by atoms with Crippen molar-refractivity contribution in [3.63, 3.8) is 0 Å². The van der Waals surface area contributed by atoms with Crippen molar-refractivity contribution in [2.24, 2.45) is 0 Å². The number of nitrogens with zero attached hydrogens (tertiary/aromatic N) is 1. The first-order chi connectivity index (χ1) is 16.0. The number of aryl methyl sites for hydroxylation is 2. The number of amides is 3. The molecule has 7 nitrogen and oxygen atoms in total. The molecule has 0 saturated carbocycles. The Hall–Kier alpha value is -3.06. The zero-order valence-corrected chi connectivity index (χ0v) is 19.6. The first-order valence-corrected chi connectivity index (χ1v) is 11.9. The van der Waals surface area contributed by atoms with Crippen LogP contribution in [0.4, 0.5) is 21.9 Å². The normalized spacial score (nSPS) is 18.1. The van der Waals surface area contributed by atoms with Crippen LogP contribution in [0.25, 0.3) is 0 Å². The number of para-hydroxylation sites is 1. The average Bonchev–Trinajstić information content (AvgIpc) is 3.34. The van der Waals surface area contributed by atoms with Crippen molar-refractivity contribution < 1.29 is 14.3 Å². The van der Waals surface area contributed by atoms with Crippen molar-refractivity contribution >= 4 is 29.0 Å². The van der Waals surface area contributed by atoms with Gasteiger partial charge in [0.15, 0.2) is 0 Å². The van der Waals surface area contributed by atoms with Gasteiger partial charge in [-0.05, 0) is 75.3 Å². The number of anilines is 3. The Balaban J connectivity index is 1.51. The number of benzene rings is 2. The second kappa shape index (κ2) is 10.7. The van der Waals surface area contributed by atoms with E-state index in [1.807, 2.05) is 44.2 Å². The summed E-state index contributed by atoms with van der Waals surface area (Å²) in [6.45, 7) is 7.06. The van der Waals surface area contributed by atoms with Crippen LogP contribution >= 0.6 is 0 Å². The number of ether oxygens (including phenoxy) is 1. The smallest absolute Gasteiger partial charge is 0.323 e. The minimum Gasteiger partial charge on any atom is -0.376 e. The molecule has 2 aliphatic rings. The monoisotopic (exact) mass is 450 g/mol. The molecular weight excluding hydrogens is 416 g/mol. The Labute approximate surface area is 195 Å². The van der Waals surface area contributed by atoms with E-state index in [-0.39, 0.29) is 18.0 Å². The minimum atomic E-state index is -0.330. The number of nitrogens with one attached hydrogen (secondary N) is 3. The SMILES string of the molecule is Cc1cccc(C)c1NC(=O)Nc1ccc(N2CCCCC2)c(C(=O)NCC2CCCO2)c1. The van der Waals surface area contributed by atoms with Crippen molar-refractivity contribution in [1.82, 2.24) is 5.32 Å². The van der Waals surface area contributed by atoms with Crippen molar-refractivity contribution in [3.8, 4) is 0 Å². The molecule has 33 heavy (non-hydrogen) atoms. The zero-order chi connectivity index (χ0) is 23.2. The maximum absolute atomic E-state index is 13.2. The molecule has 0 bridgehead atoms. The lowest BCUT2D eigenvalue weighted by molar-refractivity contribution is 0.0858. The van der Waals surface area contributed by atoms with Gasteiger partial charge in [0.25, 0.3) is 5.91 Å². The standard InChI is InChI=1S/C26H34N4O3/c1-18-8-6-9-19(2)24(18)29-26(32)28-20-11-12-23(30-13-4-3-5-14-30)22(16-20)25(31)27-17-21-10-7-15-33-21/h6,8-9,11-12,16,21H,3-5,7,10,13-15,17H2,1-2H3,(H,27,31)(H2,28,29,32). The fraction of sp³-hybridized carbons (Fsp3) is 0.462. The lowest BCUT2D eigenvalue weighted by Crippen LogP contribution is -2.35. The summed E-state index contributed by atoms with van der Waals surface area (Å²) in [5, 5.41) is 8.87. The third-order valence-electron chi connectivity index (χ3n) is 6.43. The summed E-state index contributed by atoms with van der Waals surface area (Å²) >= 11 is 0. The molecule has 7 heteroatoms. The van der Waals surface area contributed by atoms with Crippen molar-refractivity contribution in [2.45, 2.75) is 52.1 Å². The van der Waals surface area contributed by atoms with E-state index in [0.717, 1.165) is 67.9 Å². The maximum atomic E-state index is 13.2. The van der Waals surface area contributed by atoms with E-state index < -0.39 is 0 Å². The zero-order valence-electron chi connectivity index (χ0n) is 19.6. The number of hydrogen-bond acceptors (Lipinski definition) is 4. The quantitative estimate of drug-likeness (QED) is 0.588. The molecule has 1 atom stereocenters. The number of carbonyl (C=O) groups excluding carboxylic acids is 2. The first kappa shape index (κ1) is 23.1. The summed E-state index contributed by atoms with van der Waals surface area (Å²) in [5.41, 5.74) is 4.89. The van der Waals surface area contributed by atoms with Crippen LogP contribution in [0.2, 0.25) is 0 Å². The molecule has 2 aromatic rings. The van der Waals surface area contributed by atoms with Crippen LogP contribution in [0, 0.1) is 13.8 Å². The Morgan fingerprint density at radius 1 is 1.00 bits per heavy atom. The summed E-state index contributed by atoms with van der Waals surface area (Å²) < 4.78 is 5.65. The molecular formula is C26H34N4O3. The first-order valence-electron chi connectivity index (χ1n) is 11.9. The van der Waals surface area contributed by atoms with Crippen LogP contribution in [-0.4, -0.2) is 44.3 Å². The molecule has 3 N–H and O–H groups in total. The molecule has 2 aromatic carbocycles. The number of rotatable bonds is 6. The van der Waals surface area contributed by atoms with E-state index in [1.165, 1.54) is 6.42 Å². The van der Waals surface area contributed by atoms with E-state index in [0.29, 0.717) is 17.8 Å². The summed E-state index contributed by atoms with van der Waals surface area (Å²) in [7, 11) is 0. The highest BCUT2D eigenvalue weighted by atomic mass is 16.5. The van der Waals surface area contributed by atoms with Gasteiger partial charge in [-0.25, -0.2) is 4.79 Å². The molecule has 0 radical (unpaired) electrons. The Morgan fingerprint density at radius 2 is 1.76 bits per heavy atom. The van der Waals surface area contributed by atoms with E-state index in [9.17, 15) is 9.59 Å². The van der Waals surface area contributed by atoms with E-state index in [4.69, 9.17) is 4.74 Å². The van der Waals surface area contributed by atoms with Crippen molar-refractivity contribution in [3.05, 3.63) is 53.1 Å². The second-order valence-corrected chi connectivity index (χ2v) is 8.97. The molecule has 0 aromatic heterocycles. The fourth-order valence-corrected chi connectivity index (χ4v) is 4.60. The minimum absolute atomic E-state index is 0.0804. The molecule has 4 rings (SSSR count). The maximum Gasteiger partial charge on any atom is 0.323 e. The molecule has 2 fully saturated rings. The summed E-state index contributed by atoms with van der Waals surface area (Å²) in [6, 6.07) is 11.2. The van der Waals surface area contributed by atoms with E-state index in [2.05, 4.69) is 20.9 Å². The largest absolute Gasteiger partial charge is 0.376 e. The predicted molar refractivity (Wildman–Crippen MR) is 132 cm³/mol. The number of hydrogen-bond donors (Lipinski definition) is 3. The lowest BCUT2D eigenvalue weighted by atomic mass is 10.1. The topological polar surface area (TPSA) is 82.7 Å². The summed E-state index contributed by atoms with van der Waals surface area (Å²) in [5.74, 6) is -0.134. The number of piperidine rings is 1. The van der Waals surface area contributed by atoms with Crippen LogP contribution in [-0.2, 0) is 4.74 Å². The van der Waals surface area contributed by atoms with Gasteiger partial charge in [0, 0.05) is 43.3 Å². The summed E-state index contributed by atoms with van der Waals surface area (Å²) in [6.07, 6.45) is 5.55. The lowest BCUT2D eigenvalue weighted by Gasteiger charge is -2.30. The van der Waals surface area contributed by atoms with Gasteiger partial charge in [-0.3, -0.25) is 4.79 Å². The fourth-order valence-electron chi connectivity index (χ4n) is 4.60. The average molecular weight is 451 g/mol. The van der Waals surface area contributed by atoms with Gasteiger partial charge in [-0.2, -0.15) is 0 Å². The molecule has 2 saturated heterocycles. The van der Waals surface area contributed by atoms with Gasteiger partial charge in [-0.15, -0.1) is 0 Å². The van der Waals surface area contributed by atoms with Crippen LogP contribution < -0.4 is 20.9 Å². The van der Waals surface area contributed by atoms with Gasteiger partial charge >= 0.3 is 6.03 Å². The van der Waals surface area contributed by atoms with Gasteiger partial charge in [0.05, 0.1) is 11.7 Å². The third kappa shape index (κ3) is 5.85.